The van der Waals surface area contributed by atoms with Gasteiger partial charge >= 0.3 is 10.1 Å². The van der Waals surface area contributed by atoms with Crippen LogP contribution in [-0.4, -0.2) is 12.8 Å². The maximum atomic E-state index is 12.3. The minimum Gasteiger partial charge on any atom is -0.379 e. The molecule has 2 rings (SSSR count). The fraction of sp³-hybridized carbons (Fsp3) is 0.250. The number of hydrogen-bond acceptors (Lipinski definition) is 4. The normalized spacial score (nSPS) is 11.4. The number of aryl methyl sites for hydroxylation is 1. The van der Waals surface area contributed by atoms with E-state index in [0.29, 0.717) is 12.3 Å². The molecule has 0 heterocycles. The maximum absolute atomic E-state index is 12.3. The molecule has 2 aromatic carbocycles. The van der Waals surface area contributed by atoms with Crippen molar-refractivity contribution in [1.29, 1.82) is 0 Å². The Morgan fingerprint density at radius 2 is 1.82 bits per heavy atom. The quantitative estimate of drug-likeness (QED) is 0.415. The molecule has 0 unspecified atom stereocenters. The van der Waals surface area contributed by atoms with Crippen molar-refractivity contribution in [2.75, 3.05) is 4.43 Å². The molecule has 2 aromatic rings. The minimum absolute atomic E-state index is 0.151. The van der Waals surface area contributed by atoms with Crippen LogP contribution in [0.2, 0.25) is 0 Å². The molecule has 0 atom stereocenters. The van der Waals surface area contributed by atoms with E-state index in [1.807, 2.05) is 6.07 Å². The molecule has 0 aliphatic heterocycles. The van der Waals surface area contributed by atoms with Gasteiger partial charge in [-0.2, -0.15) is 8.42 Å². The van der Waals surface area contributed by atoms with Gasteiger partial charge in [-0.25, -0.2) is 0 Å². The van der Waals surface area contributed by atoms with Gasteiger partial charge in [0.2, 0.25) is 0 Å². The largest absolute Gasteiger partial charge is 0.379 e. The highest BCUT2D eigenvalue weighted by Crippen LogP contribution is 2.25. The molecule has 0 radical (unpaired) electrons. The summed E-state index contributed by atoms with van der Waals surface area (Å²) < 4.78 is 31.0. The van der Waals surface area contributed by atoms with Crippen molar-refractivity contribution in [3.63, 3.8) is 0 Å². The van der Waals surface area contributed by atoms with E-state index in [9.17, 15) is 8.42 Å². The van der Waals surface area contributed by atoms with Gasteiger partial charge in [-0.3, -0.25) is 0 Å². The Bertz CT molecular complexity index is 717. The molecule has 22 heavy (non-hydrogen) atoms. The monoisotopic (exact) mass is 431 g/mol. The summed E-state index contributed by atoms with van der Waals surface area (Å²) in [4.78, 5) is 0.151. The van der Waals surface area contributed by atoms with Gasteiger partial charge in [-0.15, -0.1) is 0 Å². The van der Waals surface area contributed by atoms with Gasteiger partial charge in [0.05, 0.1) is 0 Å². The van der Waals surface area contributed by atoms with Crippen molar-refractivity contribution in [3.8, 4) is 5.75 Å². The molecule has 0 saturated carbocycles. The fourth-order valence-electron chi connectivity index (χ4n) is 2.05. The molecule has 0 saturated heterocycles. The number of benzene rings is 2. The van der Waals surface area contributed by atoms with Crippen molar-refractivity contribution in [3.05, 3.63) is 59.7 Å². The summed E-state index contributed by atoms with van der Waals surface area (Å²) in [5, 5.41) is 0. The van der Waals surface area contributed by atoms with Gasteiger partial charge in [0.1, 0.15) is 10.6 Å². The van der Waals surface area contributed by atoms with Crippen molar-refractivity contribution < 1.29 is 12.6 Å². The third-order valence-corrected chi connectivity index (χ3v) is 5.18. The Labute approximate surface area is 144 Å². The second-order valence-electron chi connectivity index (χ2n) is 4.79. The summed E-state index contributed by atoms with van der Waals surface area (Å²) in [5.74, 6) is 0.380. The Balaban J connectivity index is 2.32. The molecule has 2 N–H and O–H groups in total. The molecule has 118 valence electrons. The zero-order valence-electron chi connectivity index (χ0n) is 12.0. The van der Waals surface area contributed by atoms with E-state index in [0.717, 1.165) is 28.4 Å². The van der Waals surface area contributed by atoms with E-state index in [1.165, 1.54) is 12.1 Å². The second-order valence-corrected chi connectivity index (χ2v) is 7.41. The molecule has 6 heteroatoms. The van der Waals surface area contributed by atoms with Crippen LogP contribution in [0.4, 0.5) is 0 Å². The molecular weight excluding hydrogens is 413 g/mol. The number of nitrogens with two attached hydrogens (primary N) is 1. The van der Waals surface area contributed by atoms with Crippen LogP contribution >= 0.6 is 22.6 Å². The van der Waals surface area contributed by atoms with Gasteiger partial charge in [0.25, 0.3) is 0 Å². The van der Waals surface area contributed by atoms with Crippen LogP contribution in [0.25, 0.3) is 0 Å². The van der Waals surface area contributed by atoms with Crippen LogP contribution in [0.1, 0.15) is 17.5 Å². The van der Waals surface area contributed by atoms with E-state index >= 15 is 0 Å². The average Bonchev–Trinajstić information content (AvgIpc) is 2.54. The summed E-state index contributed by atoms with van der Waals surface area (Å²) >= 11 is 2.30. The zero-order chi connectivity index (χ0) is 16.0. The molecule has 0 aliphatic rings. The van der Waals surface area contributed by atoms with Gasteiger partial charge < -0.3 is 9.92 Å². The Morgan fingerprint density at radius 1 is 1.09 bits per heavy atom. The van der Waals surface area contributed by atoms with Gasteiger partial charge in [0, 0.05) is 6.54 Å². The third-order valence-electron chi connectivity index (χ3n) is 3.17. The molecule has 0 amide bonds. The van der Waals surface area contributed by atoms with E-state index in [2.05, 4.69) is 22.6 Å². The Kier molecular flexibility index (Phi) is 6.22. The summed E-state index contributed by atoms with van der Waals surface area (Å²) in [7, 11) is -3.81. The van der Waals surface area contributed by atoms with Crippen LogP contribution in [0.15, 0.2) is 53.4 Å². The van der Waals surface area contributed by atoms with Crippen molar-refractivity contribution in [2.45, 2.75) is 24.3 Å². The SMILES string of the molecule is NCc1ccc(OS(=O)(=O)c2ccccc2)c(CCCI)c1. The van der Waals surface area contributed by atoms with Gasteiger partial charge in [0.15, 0.2) is 0 Å². The molecule has 0 aromatic heterocycles. The third kappa shape index (κ3) is 4.44. The smallest absolute Gasteiger partial charge is 0.339 e. The van der Waals surface area contributed by atoms with Gasteiger partial charge in [-0.05, 0) is 46.6 Å². The lowest BCUT2D eigenvalue weighted by atomic mass is 10.1. The lowest BCUT2D eigenvalue weighted by molar-refractivity contribution is 0.482. The van der Waals surface area contributed by atoms with Crippen LogP contribution in [0.5, 0.6) is 5.75 Å². The highest BCUT2D eigenvalue weighted by atomic mass is 127. The molecule has 0 bridgehead atoms. The van der Waals surface area contributed by atoms with Crippen molar-refractivity contribution >= 4 is 32.7 Å². The van der Waals surface area contributed by atoms with Crippen LogP contribution < -0.4 is 9.92 Å². The second kappa shape index (κ2) is 7.94. The topological polar surface area (TPSA) is 69.4 Å². The zero-order valence-corrected chi connectivity index (χ0v) is 15.0. The molecule has 4 nitrogen and oxygen atoms in total. The highest BCUT2D eigenvalue weighted by molar-refractivity contribution is 14.1. The number of alkyl halides is 1. The van der Waals surface area contributed by atoms with Crippen molar-refractivity contribution in [1.82, 2.24) is 0 Å². The number of hydrogen-bond donors (Lipinski definition) is 1. The fourth-order valence-corrected chi connectivity index (χ4v) is 3.41. The predicted molar refractivity (Wildman–Crippen MR) is 95.8 cm³/mol. The summed E-state index contributed by atoms with van der Waals surface area (Å²) in [6, 6.07) is 13.6. The van der Waals surface area contributed by atoms with E-state index < -0.39 is 10.1 Å². The summed E-state index contributed by atoms with van der Waals surface area (Å²) in [5.41, 5.74) is 7.50. The number of rotatable bonds is 7. The van der Waals surface area contributed by atoms with Crippen LogP contribution in [-0.2, 0) is 23.1 Å². The first-order valence-electron chi connectivity index (χ1n) is 6.94. The molecule has 0 fully saturated rings. The first kappa shape index (κ1) is 17.2. The maximum Gasteiger partial charge on any atom is 0.339 e. The van der Waals surface area contributed by atoms with Crippen molar-refractivity contribution in [2.24, 2.45) is 5.73 Å². The Morgan fingerprint density at radius 3 is 2.45 bits per heavy atom. The lowest BCUT2D eigenvalue weighted by Gasteiger charge is -2.12. The first-order valence-corrected chi connectivity index (χ1v) is 9.87. The predicted octanol–water partition coefficient (Wildman–Crippen LogP) is 3.28. The lowest BCUT2D eigenvalue weighted by Crippen LogP contribution is -2.11. The van der Waals surface area contributed by atoms with Crippen LogP contribution in [0, 0.1) is 0 Å². The molecular formula is C16H18INO3S. The molecule has 0 aliphatic carbocycles. The summed E-state index contributed by atoms with van der Waals surface area (Å²) in [6.07, 6.45) is 1.72. The first-order chi connectivity index (χ1) is 10.6. The van der Waals surface area contributed by atoms with Crippen LogP contribution in [0.3, 0.4) is 0 Å². The summed E-state index contributed by atoms with van der Waals surface area (Å²) in [6.45, 7) is 0.420. The van der Waals surface area contributed by atoms with E-state index in [1.54, 1.807) is 30.3 Å². The van der Waals surface area contributed by atoms with E-state index in [-0.39, 0.29) is 4.90 Å². The standard InChI is InChI=1S/C16H18INO3S/c17-10-4-5-14-11-13(12-18)8-9-16(14)21-22(19,20)15-6-2-1-3-7-15/h1-3,6-9,11H,4-5,10,12,18H2. The van der Waals surface area contributed by atoms with Gasteiger partial charge in [-0.1, -0.05) is 52.9 Å². The average molecular weight is 431 g/mol. The number of halogens is 1. The Hall–Kier alpha value is -1.12. The highest BCUT2D eigenvalue weighted by Gasteiger charge is 2.18. The molecule has 0 spiro atoms. The van der Waals surface area contributed by atoms with E-state index in [4.69, 9.17) is 9.92 Å². The minimum atomic E-state index is -3.81.